The van der Waals surface area contributed by atoms with Gasteiger partial charge >= 0.3 is 0 Å². The summed E-state index contributed by atoms with van der Waals surface area (Å²) in [5, 5.41) is 13.5. The van der Waals surface area contributed by atoms with Gasteiger partial charge in [-0.15, -0.1) is 0 Å². The lowest BCUT2D eigenvalue weighted by atomic mass is 10.0. The molecule has 4 aromatic rings. The van der Waals surface area contributed by atoms with E-state index in [4.69, 9.17) is 4.98 Å². The van der Waals surface area contributed by atoms with Crippen LogP contribution in [0.4, 0.5) is 0 Å². The first-order chi connectivity index (χ1) is 10.3. The van der Waals surface area contributed by atoms with Gasteiger partial charge in [-0.2, -0.15) is 0 Å². The average molecular weight is 271 g/mol. The lowest BCUT2D eigenvalue weighted by Gasteiger charge is -2.07. The Labute approximate surface area is 122 Å². The summed E-state index contributed by atoms with van der Waals surface area (Å²) in [6.07, 6.45) is 0. The summed E-state index contributed by atoms with van der Waals surface area (Å²) in [6.45, 7) is 0. The van der Waals surface area contributed by atoms with Crippen molar-refractivity contribution >= 4 is 21.7 Å². The predicted octanol–water partition coefficient (Wildman–Crippen LogP) is 4.76. The van der Waals surface area contributed by atoms with E-state index >= 15 is 0 Å². The van der Waals surface area contributed by atoms with Crippen LogP contribution in [0.3, 0.4) is 0 Å². The maximum atomic E-state index is 9.97. The molecule has 0 aliphatic carbocycles. The Bertz CT molecular complexity index is 960. The van der Waals surface area contributed by atoms with Crippen molar-refractivity contribution in [3.63, 3.8) is 0 Å². The number of benzene rings is 3. The largest absolute Gasteiger partial charge is 0.507 e. The molecule has 0 aliphatic rings. The number of hydrogen-bond acceptors (Lipinski definition) is 2. The van der Waals surface area contributed by atoms with Crippen molar-refractivity contribution < 1.29 is 5.11 Å². The summed E-state index contributed by atoms with van der Waals surface area (Å²) >= 11 is 0. The maximum absolute atomic E-state index is 9.97. The molecule has 1 aromatic heterocycles. The smallest absolute Gasteiger partial charge is 0.124 e. The second kappa shape index (κ2) is 4.60. The zero-order valence-corrected chi connectivity index (χ0v) is 11.3. The highest BCUT2D eigenvalue weighted by atomic mass is 16.3. The van der Waals surface area contributed by atoms with E-state index in [0.717, 1.165) is 22.2 Å². The number of phenols is 1. The van der Waals surface area contributed by atoms with Crippen LogP contribution in [-0.2, 0) is 0 Å². The molecule has 21 heavy (non-hydrogen) atoms. The van der Waals surface area contributed by atoms with Crippen molar-refractivity contribution in [2.75, 3.05) is 0 Å². The zero-order chi connectivity index (χ0) is 14.2. The van der Waals surface area contributed by atoms with Gasteiger partial charge in [0.05, 0.1) is 11.2 Å². The minimum atomic E-state index is 0.255. The molecule has 0 aliphatic heterocycles. The number of hydrogen-bond donors (Lipinski definition) is 1. The van der Waals surface area contributed by atoms with E-state index in [2.05, 4.69) is 24.3 Å². The molecule has 4 rings (SSSR count). The number of aromatic nitrogens is 1. The van der Waals surface area contributed by atoms with Crippen molar-refractivity contribution in [2.24, 2.45) is 0 Å². The number of phenolic OH excluding ortho intramolecular Hbond substituents is 1. The quantitative estimate of drug-likeness (QED) is 0.506. The minimum Gasteiger partial charge on any atom is -0.507 e. The maximum Gasteiger partial charge on any atom is 0.124 e. The molecular formula is C19H13NO. The summed E-state index contributed by atoms with van der Waals surface area (Å²) in [4.78, 5) is 4.70. The SMILES string of the molecule is Oc1ccccc1-c1ccc2c(ccc3ccccc32)n1. The number of nitrogens with zero attached hydrogens (tertiary/aromatic N) is 1. The first kappa shape index (κ1) is 11.9. The Morgan fingerprint density at radius 1 is 0.667 bits per heavy atom. The van der Waals surface area contributed by atoms with Gasteiger partial charge in [-0.3, -0.25) is 0 Å². The number of fused-ring (bicyclic) bond motifs is 3. The summed E-state index contributed by atoms with van der Waals surface area (Å²) < 4.78 is 0. The van der Waals surface area contributed by atoms with Crippen LogP contribution in [0.25, 0.3) is 32.9 Å². The molecule has 1 heterocycles. The summed E-state index contributed by atoms with van der Waals surface area (Å²) in [5.41, 5.74) is 2.48. The Kier molecular flexibility index (Phi) is 2.61. The molecule has 3 aromatic carbocycles. The summed E-state index contributed by atoms with van der Waals surface area (Å²) in [5.74, 6) is 0.255. The Morgan fingerprint density at radius 2 is 1.48 bits per heavy atom. The van der Waals surface area contributed by atoms with Crippen LogP contribution in [0.5, 0.6) is 5.75 Å². The molecule has 0 radical (unpaired) electrons. The van der Waals surface area contributed by atoms with Crippen molar-refractivity contribution in [3.05, 3.63) is 72.8 Å². The van der Waals surface area contributed by atoms with Crippen molar-refractivity contribution in [3.8, 4) is 17.0 Å². The van der Waals surface area contributed by atoms with Gasteiger partial charge in [-0.25, -0.2) is 4.98 Å². The number of aromatic hydroxyl groups is 1. The molecule has 0 spiro atoms. The van der Waals surface area contributed by atoms with E-state index in [1.54, 1.807) is 6.07 Å². The molecular weight excluding hydrogens is 258 g/mol. The molecule has 100 valence electrons. The van der Waals surface area contributed by atoms with Crippen LogP contribution >= 0.6 is 0 Å². The molecule has 1 N–H and O–H groups in total. The Balaban J connectivity index is 1.99. The van der Waals surface area contributed by atoms with Gasteiger partial charge in [0, 0.05) is 10.9 Å². The number of para-hydroxylation sites is 1. The normalized spacial score (nSPS) is 11.0. The fourth-order valence-corrected chi connectivity index (χ4v) is 2.73. The van der Waals surface area contributed by atoms with Crippen LogP contribution in [0.1, 0.15) is 0 Å². The fourth-order valence-electron chi connectivity index (χ4n) is 2.73. The first-order valence-electron chi connectivity index (χ1n) is 6.90. The molecule has 0 saturated carbocycles. The Hall–Kier alpha value is -2.87. The topological polar surface area (TPSA) is 33.1 Å². The number of rotatable bonds is 1. The Morgan fingerprint density at radius 3 is 2.38 bits per heavy atom. The molecule has 0 unspecified atom stereocenters. The highest BCUT2D eigenvalue weighted by Crippen LogP contribution is 2.30. The molecule has 0 amide bonds. The molecule has 0 bridgehead atoms. The van der Waals surface area contributed by atoms with Crippen molar-refractivity contribution in [1.29, 1.82) is 0 Å². The van der Waals surface area contributed by atoms with Gasteiger partial charge in [-0.1, -0.05) is 48.5 Å². The van der Waals surface area contributed by atoms with E-state index in [1.165, 1.54) is 10.8 Å². The summed E-state index contributed by atoms with van der Waals surface area (Å²) in [7, 11) is 0. The van der Waals surface area contributed by atoms with Gasteiger partial charge in [0.15, 0.2) is 0 Å². The van der Waals surface area contributed by atoms with E-state index in [1.807, 2.05) is 42.5 Å². The van der Waals surface area contributed by atoms with E-state index in [0.29, 0.717) is 0 Å². The van der Waals surface area contributed by atoms with Gasteiger partial charge in [-0.05, 0) is 35.0 Å². The second-order valence-electron chi connectivity index (χ2n) is 5.07. The van der Waals surface area contributed by atoms with Gasteiger partial charge < -0.3 is 5.11 Å². The zero-order valence-electron chi connectivity index (χ0n) is 11.3. The minimum absolute atomic E-state index is 0.255. The van der Waals surface area contributed by atoms with Crippen molar-refractivity contribution in [1.82, 2.24) is 4.98 Å². The van der Waals surface area contributed by atoms with Gasteiger partial charge in [0.25, 0.3) is 0 Å². The predicted molar refractivity (Wildman–Crippen MR) is 86.3 cm³/mol. The highest BCUT2D eigenvalue weighted by Gasteiger charge is 2.07. The molecule has 0 atom stereocenters. The first-order valence-corrected chi connectivity index (χ1v) is 6.90. The van der Waals surface area contributed by atoms with E-state index < -0.39 is 0 Å². The van der Waals surface area contributed by atoms with Crippen LogP contribution in [0.2, 0.25) is 0 Å². The molecule has 0 fully saturated rings. The lowest BCUT2D eigenvalue weighted by molar-refractivity contribution is 0.477. The summed E-state index contributed by atoms with van der Waals surface area (Å²) in [6, 6.07) is 23.7. The molecule has 0 saturated heterocycles. The standard InChI is InChI=1S/C19H13NO/c21-19-8-4-3-7-16(19)18-12-10-15-14-6-2-1-5-13(14)9-11-17(15)20-18/h1-12,21H. The molecule has 2 heteroatoms. The third kappa shape index (κ3) is 1.93. The molecule has 2 nitrogen and oxygen atoms in total. The lowest BCUT2D eigenvalue weighted by Crippen LogP contribution is -1.86. The monoisotopic (exact) mass is 271 g/mol. The average Bonchev–Trinajstić information content (AvgIpc) is 2.54. The third-order valence-corrected chi connectivity index (χ3v) is 3.78. The highest BCUT2D eigenvalue weighted by molar-refractivity contribution is 6.06. The second-order valence-corrected chi connectivity index (χ2v) is 5.07. The van der Waals surface area contributed by atoms with Gasteiger partial charge in [0.2, 0.25) is 0 Å². The number of pyridine rings is 1. The fraction of sp³-hybridized carbons (Fsp3) is 0. The third-order valence-electron chi connectivity index (χ3n) is 3.78. The van der Waals surface area contributed by atoms with E-state index in [-0.39, 0.29) is 5.75 Å². The van der Waals surface area contributed by atoms with Crippen molar-refractivity contribution in [2.45, 2.75) is 0 Å². The van der Waals surface area contributed by atoms with Crippen LogP contribution in [0.15, 0.2) is 72.8 Å². The van der Waals surface area contributed by atoms with E-state index in [9.17, 15) is 5.11 Å². The van der Waals surface area contributed by atoms with Crippen LogP contribution in [0, 0.1) is 0 Å². The van der Waals surface area contributed by atoms with Crippen LogP contribution in [-0.4, -0.2) is 10.1 Å². The van der Waals surface area contributed by atoms with Gasteiger partial charge in [0.1, 0.15) is 5.75 Å². The van der Waals surface area contributed by atoms with Crippen LogP contribution < -0.4 is 0 Å².